The first-order valence-electron chi connectivity index (χ1n) is 11.6. The smallest absolute Gasteiger partial charge is 0.264 e. The Morgan fingerprint density at radius 1 is 1.14 bits per heavy atom. The number of alkyl halides is 2. The van der Waals surface area contributed by atoms with E-state index < -0.39 is 39.3 Å². The number of hydrogen-bond acceptors (Lipinski definition) is 6. The number of amides is 1. The molecular weight excluding hydrogens is 556 g/mol. The predicted molar refractivity (Wildman–Crippen MR) is 133 cm³/mol. The number of aromatic nitrogens is 3. The van der Waals surface area contributed by atoms with Crippen LogP contribution < -0.4 is 5.32 Å². The summed E-state index contributed by atoms with van der Waals surface area (Å²) in [6.45, 7) is 2.62. The van der Waals surface area contributed by atoms with Crippen LogP contribution in [0.2, 0.25) is 5.02 Å². The molecule has 1 unspecified atom stereocenters. The van der Waals surface area contributed by atoms with Crippen LogP contribution >= 0.6 is 24.0 Å². The van der Waals surface area contributed by atoms with Crippen LogP contribution in [-0.4, -0.2) is 82.2 Å². The summed E-state index contributed by atoms with van der Waals surface area (Å²) in [5.41, 5.74) is -0.729. The van der Waals surface area contributed by atoms with Crippen molar-refractivity contribution in [1.82, 2.24) is 29.5 Å². The average Bonchev–Trinajstić information content (AvgIpc) is 3.26. The van der Waals surface area contributed by atoms with Gasteiger partial charge in [-0.2, -0.15) is 4.31 Å². The van der Waals surface area contributed by atoms with Gasteiger partial charge in [0.25, 0.3) is 15.9 Å². The zero-order valence-corrected chi connectivity index (χ0v) is 22.7. The SMILES string of the molecule is CC(NC(=O)c1ccc(F)cc1Cl)C1(N2CCN(S(=O)(=O)c3cn(C)nn3)CC2)CCC(F)(F)CC1.Cl. The fourth-order valence-electron chi connectivity index (χ4n) is 5.10. The molecule has 1 aliphatic carbocycles. The zero-order chi connectivity index (χ0) is 26.3. The van der Waals surface area contributed by atoms with E-state index in [0.717, 1.165) is 12.1 Å². The van der Waals surface area contributed by atoms with E-state index in [1.807, 2.05) is 4.90 Å². The van der Waals surface area contributed by atoms with Crippen molar-refractivity contribution in [3.05, 3.63) is 40.8 Å². The number of sulfonamides is 1. The second kappa shape index (κ2) is 11.0. The van der Waals surface area contributed by atoms with Crippen LogP contribution in [0.5, 0.6) is 0 Å². The monoisotopic (exact) mass is 584 g/mol. The van der Waals surface area contributed by atoms with Gasteiger partial charge in [0, 0.05) is 57.6 Å². The number of piperazine rings is 1. The van der Waals surface area contributed by atoms with Crippen molar-refractivity contribution in [3.8, 4) is 0 Å². The highest BCUT2D eigenvalue weighted by Crippen LogP contribution is 2.44. The van der Waals surface area contributed by atoms with Crippen molar-refractivity contribution in [1.29, 1.82) is 0 Å². The molecule has 2 fully saturated rings. The molecule has 1 saturated carbocycles. The third-order valence-corrected chi connectivity index (χ3v) is 9.30. The predicted octanol–water partition coefficient (Wildman–Crippen LogP) is 3.10. The lowest BCUT2D eigenvalue weighted by molar-refractivity contribution is -0.0948. The Morgan fingerprint density at radius 2 is 1.76 bits per heavy atom. The molecule has 15 heteroatoms. The van der Waals surface area contributed by atoms with Crippen molar-refractivity contribution in [2.75, 3.05) is 26.2 Å². The maximum Gasteiger partial charge on any atom is 0.264 e. The number of benzene rings is 1. The standard InChI is InChI=1S/C22H28ClF3N6O3S.ClH/c1-15(27-20(33)17-4-3-16(24)13-18(17)23)21(5-7-22(25,26)8-6-21)31-9-11-32(12-10-31)36(34,35)19-14-30(2)29-28-19;/h3-4,13-15H,5-12H2,1-2H3,(H,27,33);1H. The molecule has 4 rings (SSSR count). The van der Waals surface area contributed by atoms with Crippen molar-refractivity contribution in [2.24, 2.45) is 7.05 Å². The van der Waals surface area contributed by atoms with Crippen LogP contribution in [0, 0.1) is 5.82 Å². The van der Waals surface area contributed by atoms with Crippen LogP contribution in [-0.2, 0) is 17.1 Å². The normalized spacial score (nSPS) is 21.1. The van der Waals surface area contributed by atoms with E-state index in [-0.39, 0.29) is 66.8 Å². The van der Waals surface area contributed by atoms with E-state index in [0.29, 0.717) is 13.1 Å². The van der Waals surface area contributed by atoms with Gasteiger partial charge in [-0.05, 0) is 38.0 Å². The second-order valence-electron chi connectivity index (χ2n) is 9.40. The molecule has 0 radical (unpaired) electrons. The van der Waals surface area contributed by atoms with E-state index >= 15 is 0 Å². The molecule has 1 atom stereocenters. The molecule has 2 heterocycles. The summed E-state index contributed by atoms with van der Waals surface area (Å²) in [5, 5.41) is 10.1. The molecule has 9 nitrogen and oxygen atoms in total. The summed E-state index contributed by atoms with van der Waals surface area (Å²) in [4.78, 5) is 14.9. The Bertz CT molecular complexity index is 1230. The first kappa shape index (κ1) is 29.6. The Labute approximate surface area is 224 Å². The van der Waals surface area contributed by atoms with E-state index in [2.05, 4.69) is 15.6 Å². The minimum atomic E-state index is -3.84. The molecule has 0 bridgehead atoms. The third kappa shape index (κ3) is 6.06. The van der Waals surface area contributed by atoms with E-state index in [1.165, 1.54) is 21.3 Å². The van der Waals surface area contributed by atoms with E-state index in [9.17, 15) is 26.4 Å². The van der Waals surface area contributed by atoms with Gasteiger partial charge >= 0.3 is 0 Å². The molecule has 2 aromatic rings. The average molecular weight is 585 g/mol. The maximum absolute atomic E-state index is 14.1. The van der Waals surface area contributed by atoms with E-state index in [4.69, 9.17) is 11.6 Å². The van der Waals surface area contributed by atoms with Crippen molar-refractivity contribution in [3.63, 3.8) is 0 Å². The van der Waals surface area contributed by atoms with Crippen molar-refractivity contribution >= 4 is 39.9 Å². The van der Waals surface area contributed by atoms with E-state index in [1.54, 1.807) is 14.0 Å². The summed E-state index contributed by atoms with van der Waals surface area (Å²) >= 11 is 6.04. The Kier molecular flexibility index (Phi) is 8.85. The molecule has 206 valence electrons. The summed E-state index contributed by atoms with van der Waals surface area (Å²) < 4.78 is 70.2. The highest BCUT2D eigenvalue weighted by molar-refractivity contribution is 7.89. The minimum Gasteiger partial charge on any atom is -0.348 e. The number of nitrogens with one attached hydrogen (secondary N) is 1. The van der Waals surface area contributed by atoms with Gasteiger partial charge in [-0.25, -0.2) is 21.6 Å². The molecule has 0 spiro atoms. The number of carbonyl (C=O) groups is 1. The number of carbonyl (C=O) groups excluding carboxylic acids is 1. The molecule has 1 aromatic carbocycles. The number of nitrogens with zero attached hydrogens (tertiary/aromatic N) is 5. The lowest BCUT2D eigenvalue weighted by Gasteiger charge is -2.53. The first-order valence-corrected chi connectivity index (χ1v) is 13.4. The highest BCUT2D eigenvalue weighted by Gasteiger charge is 2.51. The van der Waals surface area contributed by atoms with Crippen LogP contribution in [0.3, 0.4) is 0 Å². The number of halogens is 5. The molecule has 1 N–H and O–H groups in total. The number of aryl methyl sites for hydroxylation is 1. The van der Waals surface area contributed by atoms with Crippen molar-refractivity contribution in [2.45, 2.75) is 55.1 Å². The molecule has 2 aliphatic rings. The molecule has 37 heavy (non-hydrogen) atoms. The zero-order valence-electron chi connectivity index (χ0n) is 20.3. The lowest BCUT2D eigenvalue weighted by atomic mass is 9.73. The number of rotatable bonds is 6. The molecule has 1 aliphatic heterocycles. The molecular formula is C22H29Cl2F3N6O3S. The largest absolute Gasteiger partial charge is 0.348 e. The van der Waals surface area contributed by atoms with Gasteiger partial charge in [0.05, 0.1) is 16.8 Å². The fraction of sp³-hybridized carbons (Fsp3) is 0.591. The summed E-state index contributed by atoms with van der Waals surface area (Å²) in [6, 6.07) is 2.87. The van der Waals surface area contributed by atoms with Gasteiger partial charge in [0.1, 0.15) is 5.82 Å². The Hall–Kier alpha value is -1.93. The number of hydrogen-bond donors (Lipinski definition) is 1. The van der Waals surface area contributed by atoms with Gasteiger partial charge < -0.3 is 5.32 Å². The third-order valence-electron chi connectivity index (χ3n) is 7.23. The lowest BCUT2D eigenvalue weighted by Crippen LogP contribution is -2.67. The Balaban J connectivity index is 0.00000380. The van der Waals surface area contributed by atoms with Crippen LogP contribution in [0.15, 0.2) is 29.4 Å². The maximum atomic E-state index is 14.1. The molecule has 1 aromatic heterocycles. The molecule has 1 amide bonds. The first-order chi connectivity index (χ1) is 16.8. The topological polar surface area (TPSA) is 100 Å². The van der Waals surface area contributed by atoms with Gasteiger partial charge in [0.2, 0.25) is 10.9 Å². The summed E-state index contributed by atoms with van der Waals surface area (Å²) in [7, 11) is -2.27. The fourth-order valence-corrected chi connectivity index (χ4v) is 6.69. The van der Waals surface area contributed by atoms with Gasteiger partial charge in [-0.3, -0.25) is 14.4 Å². The molecule has 1 saturated heterocycles. The quantitative estimate of drug-likeness (QED) is 0.560. The Morgan fingerprint density at radius 3 is 2.30 bits per heavy atom. The van der Waals surface area contributed by atoms with Gasteiger partial charge in [-0.15, -0.1) is 17.5 Å². The van der Waals surface area contributed by atoms with Gasteiger partial charge in [0.15, 0.2) is 0 Å². The summed E-state index contributed by atoms with van der Waals surface area (Å²) in [6.07, 6.45) is 0.876. The van der Waals surface area contributed by atoms with Gasteiger partial charge in [-0.1, -0.05) is 16.8 Å². The highest BCUT2D eigenvalue weighted by atomic mass is 35.5. The van der Waals surface area contributed by atoms with Crippen LogP contribution in [0.4, 0.5) is 13.2 Å². The van der Waals surface area contributed by atoms with Crippen LogP contribution in [0.25, 0.3) is 0 Å². The summed E-state index contributed by atoms with van der Waals surface area (Å²) in [5.74, 6) is -3.91. The second-order valence-corrected chi connectivity index (χ2v) is 11.7. The van der Waals surface area contributed by atoms with Crippen LogP contribution in [0.1, 0.15) is 43.0 Å². The minimum absolute atomic E-state index is 0. The van der Waals surface area contributed by atoms with Crippen molar-refractivity contribution < 1.29 is 26.4 Å².